The van der Waals surface area contributed by atoms with Crippen LogP contribution >= 0.6 is 0 Å². The van der Waals surface area contributed by atoms with E-state index in [9.17, 15) is 9.59 Å². The summed E-state index contributed by atoms with van der Waals surface area (Å²) in [7, 11) is 1.61. The number of benzene rings is 1. The first-order valence-corrected chi connectivity index (χ1v) is 9.28. The zero-order valence-corrected chi connectivity index (χ0v) is 14.9. The molecule has 0 unspecified atom stereocenters. The normalized spacial score (nSPS) is 24.8. The van der Waals surface area contributed by atoms with Gasteiger partial charge in [-0.2, -0.15) is 0 Å². The quantitative estimate of drug-likeness (QED) is 0.889. The van der Waals surface area contributed by atoms with Crippen molar-refractivity contribution >= 4 is 11.8 Å². The molecule has 2 aliphatic rings. The number of nitrogens with zero attached hydrogens (tertiary/aromatic N) is 1. The summed E-state index contributed by atoms with van der Waals surface area (Å²) in [5, 5.41) is 2.92. The van der Waals surface area contributed by atoms with Gasteiger partial charge in [-0.3, -0.25) is 9.59 Å². The molecule has 0 aliphatic carbocycles. The molecule has 2 fully saturated rings. The summed E-state index contributed by atoms with van der Waals surface area (Å²) in [6.07, 6.45) is 4.25. The number of nitrogens with one attached hydrogen (secondary N) is 1. The molecule has 5 heteroatoms. The summed E-state index contributed by atoms with van der Waals surface area (Å²) in [5.41, 5.74) is 1.38. The summed E-state index contributed by atoms with van der Waals surface area (Å²) in [6.45, 7) is 2.04. The van der Waals surface area contributed by atoms with E-state index in [-0.39, 0.29) is 23.8 Å². The zero-order chi connectivity index (χ0) is 17.6. The predicted molar refractivity (Wildman–Crippen MR) is 96.0 cm³/mol. The van der Waals surface area contributed by atoms with Gasteiger partial charge in [-0.15, -0.1) is 0 Å². The Morgan fingerprint density at radius 1 is 1.20 bits per heavy atom. The van der Waals surface area contributed by atoms with Crippen molar-refractivity contribution < 1.29 is 14.3 Å². The van der Waals surface area contributed by atoms with Gasteiger partial charge < -0.3 is 15.0 Å². The van der Waals surface area contributed by atoms with Gasteiger partial charge in [0.05, 0.1) is 18.6 Å². The molecule has 25 heavy (non-hydrogen) atoms. The summed E-state index contributed by atoms with van der Waals surface area (Å²) in [4.78, 5) is 26.5. The van der Waals surface area contributed by atoms with Crippen molar-refractivity contribution in [3.63, 3.8) is 0 Å². The molecule has 2 saturated heterocycles. The Hall–Kier alpha value is -1.88. The van der Waals surface area contributed by atoms with Gasteiger partial charge in [0.25, 0.3) is 0 Å². The van der Waals surface area contributed by atoms with Crippen LogP contribution in [0.5, 0.6) is 0 Å². The third-order valence-corrected chi connectivity index (χ3v) is 5.47. The largest absolute Gasteiger partial charge is 0.383 e. The van der Waals surface area contributed by atoms with Gasteiger partial charge in [-0.25, -0.2) is 0 Å². The highest BCUT2D eigenvalue weighted by molar-refractivity contribution is 5.84. The molecule has 1 N–H and O–H groups in total. The Bertz CT molecular complexity index is 582. The summed E-state index contributed by atoms with van der Waals surface area (Å²) in [6, 6.07) is 10.4. The number of carbonyl (C=O) groups is 2. The minimum atomic E-state index is -0.194. The lowest BCUT2D eigenvalue weighted by atomic mass is 9.86. The van der Waals surface area contributed by atoms with Crippen LogP contribution in [0.4, 0.5) is 0 Å². The lowest BCUT2D eigenvalue weighted by Crippen LogP contribution is -2.54. The van der Waals surface area contributed by atoms with Gasteiger partial charge in [-0.05, 0) is 37.2 Å². The summed E-state index contributed by atoms with van der Waals surface area (Å²) >= 11 is 0. The number of likely N-dealkylation sites (tertiary alicyclic amines) is 1. The number of methoxy groups -OCH3 is 1. The van der Waals surface area contributed by atoms with Crippen LogP contribution in [0.25, 0.3) is 0 Å². The monoisotopic (exact) mass is 344 g/mol. The van der Waals surface area contributed by atoms with Crippen molar-refractivity contribution in [3.8, 4) is 0 Å². The SMILES string of the molecule is COC[C@H]1NC(=O)CC[C@H]1C(=O)N1CCC(Cc2ccccc2)CC1. The molecule has 2 aliphatic heterocycles. The van der Waals surface area contributed by atoms with Crippen LogP contribution in [0.1, 0.15) is 31.2 Å². The first kappa shape index (κ1) is 17.9. The molecule has 0 spiro atoms. The van der Waals surface area contributed by atoms with Crippen molar-refractivity contribution in [1.29, 1.82) is 0 Å². The Balaban J connectivity index is 1.53. The van der Waals surface area contributed by atoms with Gasteiger partial charge in [-0.1, -0.05) is 30.3 Å². The van der Waals surface area contributed by atoms with E-state index in [4.69, 9.17) is 4.74 Å². The van der Waals surface area contributed by atoms with Crippen molar-refractivity contribution in [3.05, 3.63) is 35.9 Å². The first-order valence-electron chi connectivity index (χ1n) is 9.28. The Morgan fingerprint density at radius 2 is 1.92 bits per heavy atom. The molecule has 0 saturated carbocycles. The zero-order valence-electron chi connectivity index (χ0n) is 14.9. The molecule has 2 atom stereocenters. The van der Waals surface area contributed by atoms with Crippen molar-refractivity contribution in [2.75, 3.05) is 26.8 Å². The van der Waals surface area contributed by atoms with E-state index in [0.29, 0.717) is 25.4 Å². The average molecular weight is 344 g/mol. The molecule has 2 heterocycles. The maximum atomic E-state index is 12.9. The maximum Gasteiger partial charge on any atom is 0.227 e. The van der Waals surface area contributed by atoms with E-state index < -0.39 is 0 Å². The molecule has 1 aromatic rings. The number of ether oxygens (including phenoxy) is 1. The Kier molecular flexibility index (Phi) is 6.08. The topological polar surface area (TPSA) is 58.6 Å². The number of amides is 2. The van der Waals surface area contributed by atoms with Gasteiger partial charge >= 0.3 is 0 Å². The molecule has 0 bridgehead atoms. The number of hydrogen-bond acceptors (Lipinski definition) is 3. The highest BCUT2D eigenvalue weighted by atomic mass is 16.5. The van der Waals surface area contributed by atoms with Crippen LogP contribution in [-0.4, -0.2) is 49.6 Å². The third kappa shape index (κ3) is 4.60. The Morgan fingerprint density at radius 3 is 2.60 bits per heavy atom. The van der Waals surface area contributed by atoms with Crippen molar-refractivity contribution in [2.24, 2.45) is 11.8 Å². The van der Waals surface area contributed by atoms with Crippen molar-refractivity contribution in [1.82, 2.24) is 10.2 Å². The molecule has 136 valence electrons. The Labute approximate surface area is 149 Å². The molecule has 0 radical (unpaired) electrons. The van der Waals surface area contributed by atoms with Gasteiger partial charge in [0, 0.05) is 26.6 Å². The number of hydrogen-bond donors (Lipinski definition) is 1. The minimum absolute atomic E-state index is 0.0210. The third-order valence-electron chi connectivity index (χ3n) is 5.47. The van der Waals surface area contributed by atoms with E-state index in [1.165, 1.54) is 5.56 Å². The minimum Gasteiger partial charge on any atom is -0.383 e. The van der Waals surface area contributed by atoms with E-state index in [1.54, 1.807) is 7.11 Å². The van der Waals surface area contributed by atoms with E-state index in [2.05, 4.69) is 29.6 Å². The van der Waals surface area contributed by atoms with Gasteiger partial charge in [0.15, 0.2) is 0 Å². The number of carbonyl (C=O) groups excluding carboxylic acids is 2. The lowest BCUT2D eigenvalue weighted by Gasteiger charge is -2.38. The van der Waals surface area contributed by atoms with Crippen LogP contribution in [0, 0.1) is 11.8 Å². The molecule has 3 rings (SSSR count). The second kappa shape index (κ2) is 8.48. The fourth-order valence-corrected chi connectivity index (χ4v) is 4.04. The molecular formula is C20H28N2O3. The lowest BCUT2D eigenvalue weighted by molar-refractivity contribution is -0.141. The fraction of sp³-hybridized carbons (Fsp3) is 0.600. The second-order valence-electron chi connectivity index (χ2n) is 7.23. The highest BCUT2D eigenvalue weighted by Crippen LogP contribution is 2.26. The molecular weight excluding hydrogens is 316 g/mol. The summed E-state index contributed by atoms with van der Waals surface area (Å²) < 4.78 is 5.20. The van der Waals surface area contributed by atoms with Crippen LogP contribution < -0.4 is 5.32 Å². The molecule has 2 amide bonds. The van der Waals surface area contributed by atoms with Crippen LogP contribution in [0.3, 0.4) is 0 Å². The standard InChI is InChI=1S/C20H28N2O3/c1-25-14-18-17(7-8-19(23)21-18)20(24)22-11-9-16(10-12-22)13-15-5-3-2-4-6-15/h2-6,16-18H,7-14H2,1H3,(H,21,23)/t17-,18-/m1/s1. The van der Waals surface area contributed by atoms with E-state index >= 15 is 0 Å². The second-order valence-corrected chi connectivity index (χ2v) is 7.23. The van der Waals surface area contributed by atoms with Gasteiger partial charge in [0.1, 0.15) is 0 Å². The predicted octanol–water partition coefficient (Wildman–Crippen LogP) is 2.01. The fourth-order valence-electron chi connectivity index (χ4n) is 4.04. The van der Waals surface area contributed by atoms with E-state index in [1.807, 2.05) is 11.0 Å². The molecule has 0 aromatic heterocycles. The van der Waals surface area contributed by atoms with Crippen molar-refractivity contribution in [2.45, 2.75) is 38.1 Å². The molecule has 5 nitrogen and oxygen atoms in total. The van der Waals surface area contributed by atoms with Crippen LogP contribution in [0.2, 0.25) is 0 Å². The van der Waals surface area contributed by atoms with Crippen LogP contribution in [-0.2, 0) is 20.7 Å². The first-order chi connectivity index (χ1) is 12.2. The highest BCUT2D eigenvalue weighted by Gasteiger charge is 2.37. The maximum absolute atomic E-state index is 12.9. The smallest absolute Gasteiger partial charge is 0.227 e. The van der Waals surface area contributed by atoms with Crippen LogP contribution in [0.15, 0.2) is 30.3 Å². The number of rotatable bonds is 5. The summed E-state index contributed by atoms with van der Waals surface area (Å²) in [5.74, 6) is 0.698. The van der Waals surface area contributed by atoms with E-state index in [0.717, 1.165) is 32.4 Å². The molecule has 1 aromatic carbocycles. The van der Waals surface area contributed by atoms with Gasteiger partial charge in [0.2, 0.25) is 11.8 Å². The number of piperidine rings is 2. The average Bonchev–Trinajstić information content (AvgIpc) is 2.63.